The third kappa shape index (κ3) is 3.57. The summed E-state index contributed by atoms with van der Waals surface area (Å²) in [5, 5.41) is 2.77. The van der Waals surface area contributed by atoms with Crippen LogP contribution in [0.4, 0.5) is 0 Å². The van der Waals surface area contributed by atoms with E-state index in [4.69, 9.17) is 21.1 Å². The van der Waals surface area contributed by atoms with Crippen LogP contribution in [-0.2, 0) is 4.79 Å². The van der Waals surface area contributed by atoms with Crippen molar-refractivity contribution in [3.63, 3.8) is 0 Å². The fourth-order valence-electron chi connectivity index (χ4n) is 2.06. The average Bonchev–Trinajstić information content (AvgIpc) is 2.55. The lowest BCUT2D eigenvalue weighted by Gasteiger charge is -2.07. The van der Waals surface area contributed by atoms with Crippen LogP contribution < -0.4 is 9.47 Å². The first-order valence-electron chi connectivity index (χ1n) is 6.78. The molecule has 0 atom stereocenters. The quantitative estimate of drug-likeness (QED) is 0.526. The lowest BCUT2D eigenvalue weighted by Crippen LogP contribution is -2.17. The van der Waals surface area contributed by atoms with Crippen molar-refractivity contribution in [3.8, 4) is 11.5 Å². The third-order valence-electron chi connectivity index (χ3n) is 3.12. The highest BCUT2D eigenvalue weighted by atomic mass is 35.5. The molecule has 0 aliphatic carbocycles. The molecule has 0 aromatic heterocycles. The Kier molecular flexibility index (Phi) is 4.26. The normalized spacial score (nSPS) is 10.4. The minimum atomic E-state index is -0.463. The summed E-state index contributed by atoms with van der Waals surface area (Å²) in [6.07, 6.45) is 0. The number of halogens is 1. The van der Waals surface area contributed by atoms with Crippen molar-refractivity contribution in [1.82, 2.24) is 0 Å². The molecule has 3 nitrogen and oxygen atoms in total. The van der Waals surface area contributed by atoms with Gasteiger partial charge in [0.25, 0.3) is 0 Å². The van der Waals surface area contributed by atoms with Crippen molar-refractivity contribution < 1.29 is 14.3 Å². The molecule has 110 valence electrons. The molecule has 3 aromatic rings. The second-order valence-electron chi connectivity index (χ2n) is 4.73. The summed E-state index contributed by atoms with van der Waals surface area (Å²) in [7, 11) is 0. The van der Waals surface area contributed by atoms with Crippen LogP contribution in [0.1, 0.15) is 0 Å². The molecule has 3 aromatic carbocycles. The van der Waals surface area contributed by atoms with Crippen molar-refractivity contribution >= 4 is 28.3 Å². The van der Waals surface area contributed by atoms with Crippen LogP contribution in [0.5, 0.6) is 11.5 Å². The Balaban J connectivity index is 1.60. The van der Waals surface area contributed by atoms with Crippen LogP contribution >= 0.6 is 11.6 Å². The molecule has 0 aliphatic rings. The zero-order valence-corrected chi connectivity index (χ0v) is 12.4. The number of fused-ring (bicyclic) bond motifs is 1. The molecule has 22 heavy (non-hydrogen) atoms. The number of benzene rings is 3. The van der Waals surface area contributed by atoms with Crippen LogP contribution in [0, 0.1) is 0 Å². The highest BCUT2D eigenvalue weighted by Crippen LogP contribution is 2.21. The van der Waals surface area contributed by atoms with Crippen LogP contribution in [0.15, 0.2) is 66.7 Å². The van der Waals surface area contributed by atoms with E-state index in [2.05, 4.69) is 0 Å². The van der Waals surface area contributed by atoms with E-state index in [9.17, 15) is 4.79 Å². The fraction of sp³-hybridized carbons (Fsp3) is 0.0556. The Bertz CT molecular complexity index is 797. The van der Waals surface area contributed by atoms with Crippen LogP contribution in [0.25, 0.3) is 10.8 Å². The van der Waals surface area contributed by atoms with Gasteiger partial charge in [-0.05, 0) is 47.2 Å². The zero-order valence-electron chi connectivity index (χ0n) is 11.7. The van der Waals surface area contributed by atoms with Crippen molar-refractivity contribution in [1.29, 1.82) is 0 Å². The lowest BCUT2D eigenvalue weighted by atomic mass is 10.1. The highest BCUT2D eigenvalue weighted by molar-refractivity contribution is 6.30. The molecule has 0 bridgehead atoms. The van der Waals surface area contributed by atoms with Crippen molar-refractivity contribution in [2.75, 3.05) is 6.61 Å². The first-order chi connectivity index (χ1) is 10.7. The first kappa shape index (κ1) is 14.4. The number of rotatable bonds is 4. The zero-order chi connectivity index (χ0) is 15.4. The van der Waals surface area contributed by atoms with E-state index in [1.807, 2.05) is 42.5 Å². The molecule has 0 aliphatic heterocycles. The summed E-state index contributed by atoms with van der Waals surface area (Å²) < 4.78 is 10.6. The van der Waals surface area contributed by atoms with Gasteiger partial charge in [-0.25, -0.2) is 4.79 Å². The third-order valence-corrected chi connectivity index (χ3v) is 3.37. The Morgan fingerprint density at radius 1 is 0.864 bits per heavy atom. The number of hydrogen-bond acceptors (Lipinski definition) is 3. The van der Waals surface area contributed by atoms with Gasteiger partial charge in [-0.1, -0.05) is 41.9 Å². The predicted molar refractivity (Wildman–Crippen MR) is 86.5 cm³/mol. The molecular formula is C18H13ClO3. The van der Waals surface area contributed by atoms with Gasteiger partial charge in [0.15, 0.2) is 6.61 Å². The van der Waals surface area contributed by atoms with Gasteiger partial charge in [-0.2, -0.15) is 0 Å². The van der Waals surface area contributed by atoms with Gasteiger partial charge in [-0.15, -0.1) is 0 Å². The van der Waals surface area contributed by atoms with E-state index in [1.54, 1.807) is 24.3 Å². The molecule has 0 unspecified atom stereocenters. The fourth-order valence-corrected chi connectivity index (χ4v) is 2.19. The molecule has 0 radical (unpaired) electrons. The lowest BCUT2D eigenvalue weighted by molar-refractivity contribution is -0.136. The highest BCUT2D eigenvalue weighted by Gasteiger charge is 2.06. The van der Waals surface area contributed by atoms with E-state index in [-0.39, 0.29) is 6.61 Å². The Morgan fingerprint density at radius 2 is 1.55 bits per heavy atom. The maximum atomic E-state index is 11.8. The smallest absolute Gasteiger partial charge is 0.349 e. The predicted octanol–water partition coefficient (Wildman–Crippen LogP) is 4.48. The maximum Gasteiger partial charge on any atom is 0.349 e. The summed E-state index contributed by atoms with van der Waals surface area (Å²) in [6, 6.07) is 20.2. The standard InChI is InChI=1S/C18H13ClO3/c19-15-6-9-16(10-7-15)22-18(20)12-21-17-8-5-13-3-1-2-4-14(13)11-17/h1-11H,12H2. The van der Waals surface area contributed by atoms with Crippen LogP contribution in [-0.4, -0.2) is 12.6 Å². The van der Waals surface area contributed by atoms with E-state index in [0.717, 1.165) is 10.8 Å². The first-order valence-corrected chi connectivity index (χ1v) is 7.16. The average molecular weight is 313 g/mol. The van der Waals surface area contributed by atoms with Gasteiger partial charge in [-0.3, -0.25) is 0 Å². The van der Waals surface area contributed by atoms with Crippen molar-refractivity contribution in [3.05, 3.63) is 71.8 Å². The molecule has 0 N–H and O–H groups in total. The monoisotopic (exact) mass is 312 g/mol. The van der Waals surface area contributed by atoms with Gasteiger partial charge < -0.3 is 9.47 Å². The molecular weight excluding hydrogens is 300 g/mol. The molecule has 0 spiro atoms. The van der Waals surface area contributed by atoms with Crippen molar-refractivity contribution in [2.24, 2.45) is 0 Å². The molecule has 3 rings (SSSR count). The van der Waals surface area contributed by atoms with Crippen LogP contribution in [0.3, 0.4) is 0 Å². The summed E-state index contributed by atoms with van der Waals surface area (Å²) in [4.78, 5) is 11.8. The maximum absolute atomic E-state index is 11.8. The van der Waals surface area contributed by atoms with E-state index in [0.29, 0.717) is 16.5 Å². The second kappa shape index (κ2) is 6.50. The SMILES string of the molecule is O=C(COc1ccc2ccccc2c1)Oc1ccc(Cl)cc1. The molecule has 0 fully saturated rings. The van der Waals surface area contributed by atoms with Gasteiger partial charge in [0, 0.05) is 5.02 Å². The summed E-state index contributed by atoms with van der Waals surface area (Å²) in [5.41, 5.74) is 0. The van der Waals surface area contributed by atoms with Gasteiger partial charge >= 0.3 is 5.97 Å². The Morgan fingerprint density at radius 3 is 2.32 bits per heavy atom. The molecule has 0 saturated heterocycles. The van der Waals surface area contributed by atoms with Gasteiger partial charge in [0.2, 0.25) is 0 Å². The Labute approximate surface area is 133 Å². The summed E-state index contributed by atoms with van der Waals surface area (Å²) >= 11 is 5.77. The van der Waals surface area contributed by atoms with Crippen molar-refractivity contribution in [2.45, 2.75) is 0 Å². The number of carbonyl (C=O) groups is 1. The van der Waals surface area contributed by atoms with Crippen LogP contribution in [0.2, 0.25) is 5.02 Å². The van der Waals surface area contributed by atoms with E-state index < -0.39 is 5.97 Å². The molecule has 4 heteroatoms. The van der Waals surface area contributed by atoms with Gasteiger partial charge in [0.1, 0.15) is 11.5 Å². The van der Waals surface area contributed by atoms with E-state index in [1.165, 1.54) is 0 Å². The topological polar surface area (TPSA) is 35.5 Å². The number of ether oxygens (including phenoxy) is 2. The largest absolute Gasteiger partial charge is 0.482 e. The number of carbonyl (C=O) groups excluding carboxylic acids is 1. The number of hydrogen-bond donors (Lipinski definition) is 0. The second-order valence-corrected chi connectivity index (χ2v) is 5.16. The summed E-state index contributed by atoms with van der Waals surface area (Å²) in [5.74, 6) is 0.610. The summed E-state index contributed by atoms with van der Waals surface area (Å²) in [6.45, 7) is -0.152. The number of esters is 1. The minimum Gasteiger partial charge on any atom is -0.482 e. The molecule has 0 heterocycles. The molecule has 0 amide bonds. The minimum absolute atomic E-state index is 0.152. The van der Waals surface area contributed by atoms with Gasteiger partial charge in [0.05, 0.1) is 0 Å². The Hall–Kier alpha value is -2.52. The van der Waals surface area contributed by atoms with E-state index >= 15 is 0 Å². The molecule has 0 saturated carbocycles.